The average Bonchev–Trinajstić information content (AvgIpc) is 2.71. The third-order valence-electron chi connectivity index (χ3n) is 4.89. The quantitative estimate of drug-likeness (QED) is 0.575. The Hall–Kier alpha value is -2.14. The molecule has 0 spiro atoms. The maximum Gasteiger partial charge on any atom is 1.00 e. The van der Waals surface area contributed by atoms with Gasteiger partial charge >= 0.3 is 25.0 Å². The van der Waals surface area contributed by atoms with Gasteiger partial charge in [0.15, 0.2) is 0 Å². The molecule has 2 aromatic rings. The van der Waals surface area contributed by atoms with Gasteiger partial charge in [0.05, 0.1) is 5.56 Å². The molecule has 1 heterocycles. The first-order chi connectivity index (χ1) is 13.8. The molecule has 2 aromatic carbocycles. The number of carbonyl (C=O) groups excluding carboxylic acids is 1. The number of aliphatic carboxylic acids is 1. The Labute approximate surface area is 185 Å². The van der Waals surface area contributed by atoms with Gasteiger partial charge in [-0.2, -0.15) is 13.2 Å². The van der Waals surface area contributed by atoms with E-state index in [9.17, 15) is 23.1 Å². The molecule has 0 aliphatic carbocycles. The predicted octanol–water partition coefficient (Wildman–Crippen LogP) is -0.450. The Morgan fingerprint density at radius 3 is 2.10 bits per heavy atom. The second-order valence-electron chi connectivity index (χ2n) is 6.93. The van der Waals surface area contributed by atoms with E-state index in [0.29, 0.717) is 17.9 Å². The minimum Gasteiger partial charge on any atom is -0.550 e. The fraction of sp³-hybridized carbons (Fsp3) is 0.381. The molecule has 156 valence electrons. The molecule has 0 atom stereocenters. The zero-order chi connectivity index (χ0) is 20.9. The van der Waals surface area contributed by atoms with Crippen LogP contribution >= 0.6 is 0 Å². The molecule has 1 aliphatic rings. The van der Waals surface area contributed by atoms with Gasteiger partial charge < -0.3 is 19.5 Å². The predicted molar refractivity (Wildman–Crippen MR) is 100 cm³/mol. The molecule has 0 bridgehead atoms. The molecule has 1 aliphatic heterocycles. The Morgan fingerprint density at radius 2 is 1.57 bits per heavy atom. The maximum absolute atomic E-state index is 12.6. The van der Waals surface area contributed by atoms with E-state index in [0.717, 1.165) is 44.0 Å². The third-order valence-corrected chi connectivity index (χ3v) is 4.89. The van der Waals surface area contributed by atoms with Gasteiger partial charge in [-0.15, -0.1) is 0 Å². The van der Waals surface area contributed by atoms with Gasteiger partial charge in [-0.1, -0.05) is 12.1 Å². The van der Waals surface area contributed by atoms with E-state index in [1.165, 1.54) is 12.1 Å². The summed E-state index contributed by atoms with van der Waals surface area (Å²) in [6.45, 7) is 3.89. The van der Waals surface area contributed by atoms with Crippen molar-refractivity contribution >= 4 is 11.7 Å². The standard InChI is InChI=1S/C21H23F3N2O3.Li/c22-21(23,24)17-3-1-16(2-4-17)15-29-19-7-5-18(6-8-19)26-13-11-25(12-14-26)10-9-20(27)28;/h1-8H,9-15H2,(H,27,28);/q;+1/p-1. The molecule has 0 amide bonds. The summed E-state index contributed by atoms with van der Waals surface area (Å²) in [7, 11) is 0. The molecule has 1 fully saturated rings. The Balaban J connectivity index is 0.00000320. The third kappa shape index (κ3) is 6.98. The van der Waals surface area contributed by atoms with Crippen LogP contribution in [0.15, 0.2) is 48.5 Å². The number of anilines is 1. The molecule has 9 heteroatoms. The summed E-state index contributed by atoms with van der Waals surface area (Å²) in [6, 6.07) is 12.5. The summed E-state index contributed by atoms with van der Waals surface area (Å²) in [5.74, 6) is -0.388. The van der Waals surface area contributed by atoms with Gasteiger partial charge in [0, 0.05) is 44.4 Å². The van der Waals surface area contributed by atoms with E-state index in [1.54, 1.807) is 0 Å². The summed E-state index contributed by atoms with van der Waals surface area (Å²) in [5, 5.41) is 10.6. The second-order valence-corrected chi connectivity index (χ2v) is 6.93. The number of carboxylic acid groups (broad SMARTS) is 1. The van der Waals surface area contributed by atoms with Crippen LogP contribution in [-0.2, 0) is 17.6 Å². The molecule has 30 heavy (non-hydrogen) atoms. The van der Waals surface area contributed by atoms with Gasteiger partial charge in [-0.25, -0.2) is 0 Å². The first-order valence-electron chi connectivity index (χ1n) is 9.37. The van der Waals surface area contributed by atoms with Crippen LogP contribution in [0.4, 0.5) is 18.9 Å². The van der Waals surface area contributed by atoms with Crippen LogP contribution in [0.1, 0.15) is 17.5 Å². The van der Waals surface area contributed by atoms with E-state index in [4.69, 9.17) is 4.74 Å². The molecule has 0 saturated carbocycles. The number of ether oxygens (including phenoxy) is 1. The van der Waals surface area contributed by atoms with Crippen molar-refractivity contribution < 1.29 is 46.7 Å². The molecule has 5 nitrogen and oxygen atoms in total. The SMILES string of the molecule is O=C([O-])CCN1CCN(c2ccc(OCc3ccc(C(F)(F)F)cc3)cc2)CC1.[Li+]. The van der Waals surface area contributed by atoms with Crippen LogP contribution in [0.2, 0.25) is 0 Å². The van der Waals surface area contributed by atoms with Crippen LogP contribution < -0.4 is 33.6 Å². The van der Waals surface area contributed by atoms with Gasteiger partial charge in [0.1, 0.15) is 12.4 Å². The van der Waals surface area contributed by atoms with Crippen molar-refractivity contribution in [2.24, 2.45) is 0 Å². The van der Waals surface area contributed by atoms with Crippen molar-refractivity contribution in [2.45, 2.75) is 19.2 Å². The number of halogens is 3. The minimum absolute atomic E-state index is 0. The van der Waals surface area contributed by atoms with Gasteiger partial charge in [-0.05, 0) is 48.4 Å². The number of piperazine rings is 1. The van der Waals surface area contributed by atoms with Crippen molar-refractivity contribution in [2.75, 3.05) is 37.6 Å². The first kappa shape index (κ1) is 24.1. The fourth-order valence-electron chi connectivity index (χ4n) is 3.19. The largest absolute Gasteiger partial charge is 1.00 e. The number of hydrogen-bond donors (Lipinski definition) is 0. The number of carbonyl (C=O) groups is 1. The summed E-state index contributed by atoms with van der Waals surface area (Å²) in [6.07, 6.45) is -4.29. The van der Waals surface area contributed by atoms with E-state index in [1.807, 2.05) is 24.3 Å². The van der Waals surface area contributed by atoms with Crippen LogP contribution in [-0.4, -0.2) is 43.6 Å². The van der Waals surface area contributed by atoms with Gasteiger partial charge in [0.2, 0.25) is 0 Å². The summed E-state index contributed by atoms with van der Waals surface area (Å²) >= 11 is 0. The van der Waals surface area contributed by atoms with Crippen molar-refractivity contribution in [3.63, 3.8) is 0 Å². The number of nitrogens with zero attached hydrogens (tertiary/aromatic N) is 2. The summed E-state index contributed by atoms with van der Waals surface area (Å²) < 4.78 is 43.4. The van der Waals surface area contributed by atoms with Crippen LogP contribution in [0.25, 0.3) is 0 Å². The number of alkyl halides is 3. The first-order valence-corrected chi connectivity index (χ1v) is 9.37. The van der Waals surface area contributed by atoms with Crippen LogP contribution in [0.5, 0.6) is 5.75 Å². The normalized spacial score (nSPS) is 14.8. The molecule has 0 N–H and O–H groups in total. The number of rotatable bonds is 7. The van der Waals surface area contributed by atoms with Crippen LogP contribution in [0, 0.1) is 0 Å². The molecule has 0 unspecified atom stereocenters. The molecule has 0 aromatic heterocycles. The Kier molecular flexibility index (Phi) is 8.65. The average molecular weight is 414 g/mol. The second kappa shape index (κ2) is 10.8. The number of benzene rings is 2. The zero-order valence-electron chi connectivity index (χ0n) is 16.8. The maximum atomic E-state index is 12.6. The minimum atomic E-state index is -4.34. The Bertz CT molecular complexity index is 806. The van der Waals surface area contributed by atoms with Crippen molar-refractivity contribution in [3.8, 4) is 5.75 Å². The van der Waals surface area contributed by atoms with E-state index < -0.39 is 17.7 Å². The Morgan fingerprint density at radius 1 is 0.967 bits per heavy atom. The smallest absolute Gasteiger partial charge is 0.550 e. The van der Waals surface area contributed by atoms with Crippen LogP contribution in [0.3, 0.4) is 0 Å². The molecular formula is C21H22F3LiN2O3. The van der Waals surface area contributed by atoms with E-state index in [2.05, 4.69) is 9.80 Å². The topological polar surface area (TPSA) is 55.8 Å². The number of hydrogen-bond acceptors (Lipinski definition) is 5. The molecule has 3 rings (SSSR count). The van der Waals surface area contributed by atoms with Crippen molar-refractivity contribution in [3.05, 3.63) is 59.7 Å². The van der Waals surface area contributed by atoms with E-state index in [-0.39, 0.29) is 31.9 Å². The monoisotopic (exact) mass is 414 g/mol. The van der Waals surface area contributed by atoms with Gasteiger partial charge in [0.25, 0.3) is 0 Å². The molecular weight excluding hydrogens is 392 g/mol. The van der Waals surface area contributed by atoms with Gasteiger partial charge in [-0.3, -0.25) is 4.90 Å². The van der Waals surface area contributed by atoms with Crippen molar-refractivity contribution in [1.29, 1.82) is 0 Å². The summed E-state index contributed by atoms with van der Waals surface area (Å²) in [4.78, 5) is 14.9. The van der Waals surface area contributed by atoms with Crippen molar-refractivity contribution in [1.82, 2.24) is 4.90 Å². The zero-order valence-corrected chi connectivity index (χ0v) is 16.8. The number of carboxylic acids is 1. The summed E-state index contributed by atoms with van der Waals surface area (Å²) in [5.41, 5.74) is 1.03. The van der Waals surface area contributed by atoms with E-state index >= 15 is 0 Å². The molecule has 0 radical (unpaired) electrons. The fourth-order valence-corrected chi connectivity index (χ4v) is 3.19. The molecule has 1 saturated heterocycles.